The number of nitrogens with two attached hydrogens (primary N) is 1. The number of rotatable bonds is 3. The average Bonchev–Trinajstić information content (AvgIpc) is 2.14. The molecule has 1 aromatic heterocycles. The van der Waals surface area contributed by atoms with Crippen LogP contribution in [0.3, 0.4) is 0 Å². The number of hydrazine groups is 1. The first kappa shape index (κ1) is 8.95. The molecule has 7 nitrogen and oxygen atoms in total. The molecule has 76 valence electrons. The lowest BCUT2D eigenvalue weighted by Gasteiger charge is -2.30. The van der Waals surface area contributed by atoms with Crippen molar-refractivity contribution in [1.82, 2.24) is 15.0 Å². The van der Waals surface area contributed by atoms with Gasteiger partial charge in [0.05, 0.1) is 7.11 Å². The van der Waals surface area contributed by atoms with Crippen LogP contribution < -0.4 is 20.9 Å². The molecule has 0 aromatic carbocycles. The molecule has 1 saturated heterocycles. The van der Waals surface area contributed by atoms with Gasteiger partial charge < -0.3 is 9.64 Å². The summed E-state index contributed by atoms with van der Waals surface area (Å²) in [5.41, 5.74) is 2.38. The third-order valence-electron chi connectivity index (χ3n) is 2.05. The van der Waals surface area contributed by atoms with Gasteiger partial charge in [-0.05, 0) is 6.42 Å². The van der Waals surface area contributed by atoms with Crippen LogP contribution in [0, 0.1) is 0 Å². The Labute approximate surface area is 81.3 Å². The van der Waals surface area contributed by atoms with Crippen molar-refractivity contribution in [2.24, 2.45) is 5.84 Å². The van der Waals surface area contributed by atoms with Gasteiger partial charge in [0.25, 0.3) is 0 Å². The molecule has 0 saturated carbocycles. The molecule has 0 atom stereocenters. The van der Waals surface area contributed by atoms with E-state index < -0.39 is 0 Å². The van der Waals surface area contributed by atoms with E-state index in [0.29, 0.717) is 11.9 Å². The monoisotopic (exact) mass is 196 g/mol. The van der Waals surface area contributed by atoms with E-state index in [1.807, 2.05) is 4.90 Å². The smallest absolute Gasteiger partial charge is 0.322 e. The minimum Gasteiger partial charge on any atom is -0.467 e. The maximum Gasteiger partial charge on any atom is 0.322 e. The molecule has 1 aliphatic rings. The molecule has 2 heterocycles. The van der Waals surface area contributed by atoms with Crippen molar-refractivity contribution in [1.29, 1.82) is 0 Å². The van der Waals surface area contributed by atoms with Gasteiger partial charge in [-0.2, -0.15) is 15.0 Å². The van der Waals surface area contributed by atoms with Crippen LogP contribution in [-0.2, 0) is 0 Å². The van der Waals surface area contributed by atoms with Crippen LogP contribution in [0.4, 0.5) is 11.9 Å². The Morgan fingerprint density at radius 1 is 1.36 bits per heavy atom. The van der Waals surface area contributed by atoms with Crippen molar-refractivity contribution in [2.75, 3.05) is 30.5 Å². The van der Waals surface area contributed by atoms with Crippen LogP contribution >= 0.6 is 0 Å². The number of methoxy groups -OCH3 is 1. The van der Waals surface area contributed by atoms with E-state index in [1.54, 1.807) is 0 Å². The van der Waals surface area contributed by atoms with E-state index >= 15 is 0 Å². The summed E-state index contributed by atoms with van der Waals surface area (Å²) in [6.45, 7) is 1.94. The van der Waals surface area contributed by atoms with Crippen LogP contribution in [0.5, 0.6) is 6.01 Å². The molecule has 0 unspecified atom stereocenters. The Bertz CT molecular complexity index is 304. The number of hydrogen-bond acceptors (Lipinski definition) is 7. The largest absolute Gasteiger partial charge is 0.467 e. The van der Waals surface area contributed by atoms with Gasteiger partial charge in [0.15, 0.2) is 0 Å². The standard InChI is InChI=1S/C7H12N6O/c1-14-7-10-5(12-8)9-6(11-7)13-3-2-4-13/h2-4,8H2,1H3,(H,9,10,11,12). The summed E-state index contributed by atoms with van der Waals surface area (Å²) in [5, 5.41) is 0. The van der Waals surface area contributed by atoms with Crippen molar-refractivity contribution in [2.45, 2.75) is 6.42 Å². The number of anilines is 2. The third-order valence-corrected chi connectivity index (χ3v) is 2.05. The summed E-state index contributed by atoms with van der Waals surface area (Å²) in [6.07, 6.45) is 1.17. The number of nitrogens with one attached hydrogen (secondary N) is 1. The minimum absolute atomic E-state index is 0.273. The fourth-order valence-electron chi connectivity index (χ4n) is 1.16. The average molecular weight is 196 g/mol. The Morgan fingerprint density at radius 2 is 2.14 bits per heavy atom. The summed E-state index contributed by atoms with van der Waals surface area (Å²) in [6, 6.07) is 0.273. The highest BCUT2D eigenvalue weighted by atomic mass is 16.5. The second-order valence-electron chi connectivity index (χ2n) is 2.93. The highest BCUT2D eigenvalue weighted by Gasteiger charge is 2.19. The lowest BCUT2D eigenvalue weighted by Crippen LogP contribution is -2.38. The second-order valence-corrected chi connectivity index (χ2v) is 2.93. The Morgan fingerprint density at radius 3 is 2.64 bits per heavy atom. The van der Waals surface area contributed by atoms with Crippen LogP contribution in [0.2, 0.25) is 0 Å². The first-order valence-corrected chi connectivity index (χ1v) is 4.35. The van der Waals surface area contributed by atoms with Crippen molar-refractivity contribution >= 4 is 11.9 Å². The fraction of sp³-hybridized carbons (Fsp3) is 0.571. The molecule has 1 aromatic rings. The Hall–Kier alpha value is -1.63. The molecule has 2 rings (SSSR count). The predicted octanol–water partition coefficient (Wildman–Crippen LogP) is -0.624. The molecule has 1 aliphatic heterocycles. The first-order valence-electron chi connectivity index (χ1n) is 4.35. The number of hydrogen-bond donors (Lipinski definition) is 2. The molecule has 0 spiro atoms. The molecule has 7 heteroatoms. The van der Waals surface area contributed by atoms with Gasteiger partial charge in [-0.1, -0.05) is 0 Å². The van der Waals surface area contributed by atoms with Gasteiger partial charge in [0.2, 0.25) is 11.9 Å². The topological polar surface area (TPSA) is 89.2 Å². The molecule has 0 bridgehead atoms. The zero-order chi connectivity index (χ0) is 9.97. The van der Waals surface area contributed by atoms with E-state index in [9.17, 15) is 0 Å². The summed E-state index contributed by atoms with van der Waals surface area (Å²) in [7, 11) is 1.51. The fourth-order valence-corrected chi connectivity index (χ4v) is 1.16. The second kappa shape index (κ2) is 3.62. The zero-order valence-corrected chi connectivity index (χ0v) is 7.90. The SMILES string of the molecule is COc1nc(NN)nc(N2CCC2)n1. The normalized spacial score (nSPS) is 14.9. The first-order chi connectivity index (χ1) is 6.83. The summed E-state index contributed by atoms with van der Waals surface area (Å²) in [4.78, 5) is 14.2. The van der Waals surface area contributed by atoms with Crippen LogP contribution in [0.1, 0.15) is 6.42 Å². The molecule has 1 fully saturated rings. The van der Waals surface area contributed by atoms with E-state index in [1.165, 1.54) is 13.5 Å². The van der Waals surface area contributed by atoms with Gasteiger partial charge in [-0.3, -0.25) is 5.43 Å². The molecular weight excluding hydrogens is 184 g/mol. The van der Waals surface area contributed by atoms with Crippen molar-refractivity contribution in [3.05, 3.63) is 0 Å². The van der Waals surface area contributed by atoms with Crippen LogP contribution in [0.25, 0.3) is 0 Å². The zero-order valence-electron chi connectivity index (χ0n) is 7.90. The van der Waals surface area contributed by atoms with Gasteiger partial charge in [0, 0.05) is 13.1 Å². The van der Waals surface area contributed by atoms with Gasteiger partial charge >= 0.3 is 6.01 Å². The van der Waals surface area contributed by atoms with Gasteiger partial charge in [0.1, 0.15) is 0 Å². The van der Waals surface area contributed by atoms with Crippen LogP contribution in [0.15, 0.2) is 0 Å². The molecular formula is C7H12N6O. The molecule has 0 amide bonds. The molecule has 0 aliphatic carbocycles. The lowest BCUT2D eigenvalue weighted by molar-refractivity contribution is 0.377. The van der Waals surface area contributed by atoms with E-state index in [0.717, 1.165) is 13.1 Å². The summed E-state index contributed by atoms with van der Waals surface area (Å²) in [5.74, 6) is 6.15. The number of nitrogen functional groups attached to an aromatic ring is 1. The van der Waals surface area contributed by atoms with Crippen LogP contribution in [-0.4, -0.2) is 35.2 Å². The number of nitrogens with zero attached hydrogens (tertiary/aromatic N) is 4. The Kier molecular flexibility index (Phi) is 2.32. The van der Waals surface area contributed by atoms with Gasteiger partial charge in [-0.15, -0.1) is 0 Å². The minimum atomic E-state index is 0.273. The highest BCUT2D eigenvalue weighted by Crippen LogP contribution is 2.18. The quantitative estimate of drug-likeness (QED) is 0.491. The van der Waals surface area contributed by atoms with Crippen molar-refractivity contribution in [3.8, 4) is 6.01 Å². The highest BCUT2D eigenvalue weighted by molar-refractivity contribution is 5.39. The van der Waals surface area contributed by atoms with E-state index in [-0.39, 0.29) is 6.01 Å². The molecule has 0 radical (unpaired) electrons. The summed E-state index contributed by atoms with van der Waals surface area (Å²) >= 11 is 0. The van der Waals surface area contributed by atoms with Crippen molar-refractivity contribution < 1.29 is 4.74 Å². The maximum atomic E-state index is 5.23. The predicted molar refractivity (Wildman–Crippen MR) is 51.0 cm³/mol. The summed E-state index contributed by atoms with van der Waals surface area (Å²) < 4.78 is 4.93. The molecule has 3 N–H and O–H groups in total. The third kappa shape index (κ3) is 1.53. The number of ether oxygens (including phenoxy) is 1. The Balaban J connectivity index is 2.28. The van der Waals surface area contributed by atoms with Crippen molar-refractivity contribution in [3.63, 3.8) is 0 Å². The van der Waals surface area contributed by atoms with E-state index in [4.69, 9.17) is 10.6 Å². The maximum absolute atomic E-state index is 5.23. The molecule has 14 heavy (non-hydrogen) atoms. The lowest BCUT2D eigenvalue weighted by atomic mass is 10.2. The number of aromatic nitrogens is 3. The van der Waals surface area contributed by atoms with Gasteiger partial charge in [-0.25, -0.2) is 5.84 Å². The van der Waals surface area contributed by atoms with E-state index in [2.05, 4.69) is 20.4 Å².